The smallest absolute Gasteiger partial charge is 0.192 e. The summed E-state index contributed by atoms with van der Waals surface area (Å²) in [4.78, 5) is 12.4. The van der Waals surface area contributed by atoms with E-state index in [1.165, 1.54) is 0 Å². The first-order valence-corrected chi connectivity index (χ1v) is 11.0. The number of carbonyl (C=O) groups excluding carboxylic acids is 1. The Morgan fingerprint density at radius 2 is 2.00 bits per heavy atom. The summed E-state index contributed by atoms with van der Waals surface area (Å²) in [7, 11) is -1.87. The molecule has 0 aromatic carbocycles. The monoisotopic (exact) mass is 308 g/mol. The minimum absolute atomic E-state index is 0.00369. The Kier molecular flexibility index (Phi) is 3.16. The van der Waals surface area contributed by atoms with Crippen LogP contribution in [0.2, 0.25) is 18.1 Å². The van der Waals surface area contributed by atoms with Crippen molar-refractivity contribution in [2.45, 2.75) is 82.4 Å². The maximum Gasteiger partial charge on any atom is 0.192 e. The predicted molar refractivity (Wildman–Crippen MR) is 85.8 cm³/mol. The summed E-state index contributed by atoms with van der Waals surface area (Å²) in [5, 5.41) is 0.171. The molecule has 1 saturated heterocycles. The van der Waals surface area contributed by atoms with E-state index in [-0.39, 0.29) is 22.7 Å². The Hall–Kier alpha value is -0.453. The van der Waals surface area contributed by atoms with Crippen LogP contribution in [0.3, 0.4) is 0 Å². The number of hydrogen-bond donors (Lipinski definition) is 0. The summed E-state index contributed by atoms with van der Waals surface area (Å²) >= 11 is 0. The van der Waals surface area contributed by atoms with Gasteiger partial charge in [0.05, 0.1) is 17.6 Å². The van der Waals surface area contributed by atoms with E-state index >= 15 is 0 Å². The van der Waals surface area contributed by atoms with Gasteiger partial charge in [0.15, 0.2) is 8.32 Å². The lowest BCUT2D eigenvalue weighted by molar-refractivity contribution is -0.145. The molecule has 2 heterocycles. The van der Waals surface area contributed by atoms with Crippen LogP contribution in [0.1, 0.15) is 47.0 Å². The van der Waals surface area contributed by atoms with Crippen molar-refractivity contribution in [2.24, 2.45) is 5.92 Å². The molecule has 118 valence electrons. The quantitative estimate of drug-likeness (QED) is 0.574. The van der Waals surface area contributed by atoms with Crippen molar-refractivity contribution in [2.75, 3.05) is 0 Å². The van der Waals surface area contributed by atoms with Gasteiger partial charge in [-0.3, -0.25) is 4.79 Å². The molecule has 1 aliphatic carbocycles. The fourth-order valence-electron chi connectivity index (χ4n) is 3.76. The van der Waals surface area contributed by atoms with Gasteiger partial charge in [-0.05, 0) is 37.9 Å². The summed E-state index contributed by atoms with van der Waals surface area (Å²) < 4.78 is 13.0. The third-order valence-electron chi connectivity index (χ3n) is 6.05. The number of ketones is 1. The van der Waals surface area contributed by atoms with Gasteiger partial charge in [0.1, 0.15) is 11.4 Å². The standard InChI is InChI=1S/C17H28O3Si/c1-15(2,3)21(5,6)19-14-8-7-13(18)12-11-16(4)9-10-17(12,14)20-16/h9-10,12,14H,7-8,11H2,1-6H3/t12-,14-,16+,17-/m0/s1. The van der Waals surface area contributed by atoms with Crippen molar-refractivity contribution >= 4 is 14.1 Å². The van der Waals surface area contributed by atoms with Gasteiger partial charge in [0, 0.05) is 6.42 Å². The molecule has 0 amide bonds. The van der Waals surface area contributed by atoms with Gasteiger partial charge in [0.25, 0.3) is 0 Å². The van der Waals surface area contributed by atoms with Crippen LogP contribution in [0, 0.1) is 5.92 Å². The van der Waals surface area contributed by atoms with Crippen LogP contribution in [-0.4, -0.2) is 31.4 Å². The van der Waals surface area contributed by atoms with Gasteiger partial charge in [-0.25, -0.2) is 0 Å². The molecule has 0 aromatic heterocycles. The van der Waals surface area contributed by atoms with Gasteiger partial charge in [-0.1, -0.05) is 32.9 Å². The topological polar surface area (TPSA) is 35.5 Å². The van der Waals surface area contributed by atoms with E-state index in [2.05, 4.69) is 52.9 Å². The molecular weight excluding hydrogens is 280 g/mol. The SMILES string of the molecule is CC(C)(C)[Si](C)(C)O[C@H]1CCC(=O)[C@@H]2C[C@@]3(C)C=C[C@@]12O3. The molecule has 3 aliphatic rings. The summed E-state index contributed by atoms with van der Waals surface area (Å²) in [5.74, 6) is 0.356. The first kappa shape index (κ1) is 15.4. The molecule has 0 aromatic rings. The van der Waals surface area contributed by atoms with Gasteiger partial charge < -0.3 is 9.16 Å². The van der Waals surface area contributed by atoms with Crippen molar-refractivity contribution in [1.82, 2.24) is 0 Å². The maximum absolute atomic E-state index is 12.4. The number of fused-ring (bicyclic) bond motifs is 1. The molecule has 2 bridgehead atoms. The molecule has 0 N–H and O–H groups in total. The summed E-state index contributed by atoms with van der Waals surface area (Å²) in [6.07, 6.45) is 6.56. The first-order valence-electron chi connectivity index (χ1n) is 8.10. The van der Waals surface area contributed by atoms with E-state index in [0.29, 0.717) is 12.2 Å². The molecule has 21 heavy (non-hydrogen) atoms. The average Bonchev–Trinajstić information content (AvgIpc) is 2.83. The van der Waals surface area contributed by atoms with Crippen molar-refractivity contribution in [3.8, 4) is 0 Å². The van der Waals surface area contributed by atoms with Gasteiger partial charge in [-0.15, -0.1) is 0 Å². The van der Waals surface area contributed by atoms with E-state index in [1.807, 2.05) is 0 Å². The van der Waals surface area contributed by atoms with Crippen molar-refractivity contribution in [1.29, 1.82) is 0 Å². The molecule has 4 heteroatoms. The molecular formula is C17H28O3Si. The fourth-order valence-corrected chi connectivity index (χ4v) is 5.13. The van der Waals surface area contributed by atoms with Crippen LogP contribution in [0.4, 0.5) is 0 Å². The molecule has 3 nitrogen and oxygen atoms in total. The highest BCUT2D eigenvalue weighted by molar-refractivity contribution is 6.74. The second-order valence-corrected chi connectivity index (χ2v) is 13.5. The molecule has 2 fully saturated rings. The minimum Gasteiger partial charge on any atom is -0.411 e. The van der Waals surface area contributed by atoms with Crippen LogP contribution in [0.25, 0.3) is 0 Å². The van der Waals surface area contributed by atoms with E-state index in [9.17, 15) is 4.79 Å². The van der Waals surface area contributed by atoms with E-state index < -0.39 is 13.9 Å². The Balaban J connectivity index is 1.91. The molecule has 3 rings (SSSR count). The second-order valence-electron chi connectivity index (χ2n) is 8.73. The zero-order chi connectivity index (χ0) is 15.7. The highest BCUT2D eigenvalue weighted by atomic mass is 28.4. The third kappa shape index (κ3) is 2.18. The lowest BCUT2D eigenvalue weighted by Gasteiger charge is -2.47. The van der Waals surface area contributed by atoms with Crippen LogP contribution < -0.4 is 0 Å². The number of hydrogen-bond acceptors (Lipinski definition) is 3. The zero-order valence-electron chi connectivity index (χ0n) is 14.2. The molecule has 0 unspecified atom stereocenters. The minimum atomic E-state index is -1.87. The average molecular weight is 308 g/mol. The van der Waals surface area contributed by atoms with Crippen molar-refractivity contribution < 1.29 is 14.0 Å². The fraction of sp³-hybridized carbons (Fsp3) is 0.824. The number of carbonyl (C=O) groups is 1. The van der Waals surface area contributed by atoms with Crippen LogP contribution in [-0.2, 0) is 14.0 Å². The first-order chi connectivity index (χ1) is 9.49. The predicted octanol–water partition coefficient (Wildman–Crippen LogP) is 3.84. The lowest BCUT2D eigenvalue weighted by Crippen LogP contribution is -2.57. The van der Waals surface area contributed by atoms with Crippen LogP contribution in [0.5, 0.6) is 0 Å². The van der Waals surface area contributed by atoms with Crippen molar-refractivity contribution in [3.05, 3.63) is 12.2 Å². The van der Waals surface area contributed by atoms with E-state index in [4.69, 9.17) is 9.16 Å². The van der Waals surface area contributed by atoms with Gasteiger partial charge in [-0.2, -0.15) is 0 Å². The molecule has 2 aliphatic heterocycles. The highest BCUT2D eigenvalue weighted by Gasteiger charge is 2.64. The van der Waals surface area contributed by atoms with Crippen LogP contribution in [0.15, 0.2) is 12.2 Å². The summed E-state index contributed by atoms with van der Waals surface area (Å²) in [6, 6.07) is 0. The Bertz CT molecular complexity index is 505. The summed E-state index contributed by atoms with van der Waals surface area (Å²) in [6.45, 7) is 13.4. The number of ether oxygens (including phenoxy) is 1. The highest BCUT2D eigenvalue weighted by Crippen LogP contribution is 2.56. The number of rotatable bonds is 2. The largest absolute Gasteiger partial charge is 0.411 e. The molecule has 1 spiro atoms. The van der Waals surface area contributed by atoms with Crippen LogP contribution >= 0.6 is 0 Å². The van der Waals surface area contributed by atoms with E-state index in [0.717, 1.165) is 12.8 Å². The normalized spacial score (nSPS) is 42.5. The van der Waals surface area contributed by atoms with E-state index in [1.54, 1.807) is 0 Å². The Morgan fingerprint density at radius 1 is 1.33 bits per heavy atom. The second kappa shape index (κ2) is 4.30. The molecule has 4 atom stereocenters. The summed E-state index contributed by atoms with van der Waals surface area (Å²) in [5.41, 5.74) is -0.751. The Labute approximate surface area is 129 Å². The molecule has 1 saturated carbocycles. The van der Waals surface area contributed by atoms with Gasteiger partial charge >= 0.3 is 0 Å². The third-order valence-corrected chi connectivity index (χ3v) is 10.5. The number of Topliss-reactive ketones (excluding diaryl/α,β-unsaturated/α-hetero) is 1. The lowest BCUT2D eigenvalue weighted by atomic mass is 9.69. The van der Waals surface area contributed by atoms with Crippen molar-refractivity contribution in [3.63, 3.8) is 0 Å². The maximum atomic E-state index is 12.4. The van der Waals surface area contributed by atoms with Gasteiger partial charge in [0.2, 0.25) is 0 Å². The Morgan fingerprint density at radius 3 is 2.57 bits per heavy atom. The molecule has 0 radical (unpaired) electrons. The zero-order valence-corrected chi connectivity index (χ0v) is 15.2.